The van der Waals surface area contributed by atoms with Crippen LogP contribution in [0.3, 0.4) is 0 Å². The molecule has 0 bridgehead atoms. The summed E-state index contributed by atoms with van der Waals surface area (Å²) in [6, 6.07) is 11.7. The predicted molar refractivity (Wildman–Crippen MR) is 105 cm³/mol. The molecule has 7 N–H and O–H groups in total. The van der Waals surface area contributed by atoms with Gasteiger partial charge in [-0.2, -0.15) is 0 Å². The summed E-state index contributed by atoms with van der Waals surface area (Å²) < 4.78 is 1.44. The largest absolute Gasteiger partial charge is 0.506 e. The Bertz CT molecular complexity index is 938. The topological polar surface area (TPSA) is 151 Å². The number of aromatic nitrogens is 3. The number of nitrogens with one attached hydrogen (secondary N) is 2. The summed E-state index contributed by atoms with van der Waals surface area (Å²) in [5.41, 5.74) is 13.7. The van der Waals surface area contributed by atoms with Crippen LogP contribution in [-0.4, -0.2) is 31.8 Å². The van der Waals surface area contributed by atoms with Crippen molar-refractivity contribution >= 4 is 36.5 Å². The Balaban J connectivity index is 0.00000169. The molecule has 2 aromatic carbocycles. The summed E-state index contributed by atoms with van der Waals surface area (Å²) in [5, 5.41) is 33.0. The third-order valence-electron chi connectivity index (χ3n) is 3.52. The van der Waals surface area contributed by atoms with E-state index in [9.17, 15) is 5.11 Å². The molecule has 0 atom stereocenters. The lowest BCUT2D eigenvalue weighted by Gasteiger charge is -2.05. The maximum Gasteiger partial charge on any atom is 0.142 e. The number of halogens is 2. The van der Waals surface area contributed by atoms with Gasteiger partial charge in [0.25, 0.3) is 0 Å². The zero-order chi connectivity index (χ0) is 17.3. The van der Waals surface area contributed by atoms with Crippen molar-refractivity contribution in [2.45, 2.75) is 0 Å². The number of rotatable bonds is 4. The Kier molecular flexibility index (Phi) is 6.71. The van der Waals surface area contributed by atoms with Gasteiger partial charge in [0.2, 0.25) is 0 Å². The van der Waals surface area contributed by atoms with Crippen molar-refractivity contribution in [2.75, 3.05) is 0 Å². The highest BCUT2D eigenvalue weighted by molar-refractivity contribution is 5.96. The fourth-order valence-electron chi connectivity index (χ4n) is 2.22. The van der Waals surface area contributed by atoms with Crippen molar-refractivity contribution in [3.63, 3.8) is 0 Å². The lowest BCUT2D eigenvalue weighted by atomic mass is 10.1. The molecule has 136 valence electrons. The standard InChI is InChI=1S/C16H15N7O.2ClH/c17-15(18)10-3-1-9(2-4-10)12-8-23(22-21-12)13-6-5-11(16(19)20)7-14(13)24;;/h1-8,24H,(H3,17,18)(H3,19,20);2*1H. The maximum atomic E-state index is 10.1. The Morgan fingerprint density at radius 2 is 1.50 bits per heavy atom. The third kappa shape index (κ3) is 4.11. The zero-order valence-electron chi connectivity index (χ0n) is 13.4. The minimum absolute atomic E-state index is 0. The quantitative estimate of drug-likeness (QED) is 0.339. The van der Waals surface area contributed by atoms with Gasteiger partial charge >= 0.3 is 0 Å². The molecule has 10 heteroatoms. The fourth-order valence-corrected chi connectivity index (χ4v) is 2.22. The van der Waals surface area contributed by atoms with E-state index in [1.807, 2.05) is 0 Å². The van der Waals surface area contributed by atoms with E-state index < -0.39 is 0 Å². The highest BCUT2D eigenvalue weighted by Gasteiger charge is 2.10. The molecule has 0 radical (unpaired) electrons. The molecular formula is C16H17Cl2N7O. The van der Waals surface area contributed by atoms with E-state index in [0.29, 0.717) is 22.5 Å². The molecule has 0 aliphatic rings. The van der Waals surface area contributed by atoms with Crippen LogP contribution < -0.4 is 11.5 Å². The molecule has 0 spiro atoms. The summed E-state index contributed by atoms with van der Waals surface area (Å²) in [5.74, 6) is -0.173. The van der Waals surface area contributed by atoms with Gasteiger partial charge in [-0.25, -0.2) is 4.68 Å². The van der Waals surface area contributed by atoms with Gasteiger partial charge in [-0.15, -0.1) is 29.9 Å². The Morgan fingerprint density at radius 3 is 2.04 bits per heavy atom. The van der Waals surface area contributed by atoms with E-state index in [2.05, 4.69) is 10.3 Å². The van der Waals surface area contributed by atoms with Crippen molar-refractivity contribution in [3.8, 4) is 22.7 Å². The lowest BCUT2D eigenvalue weighted by molar-refractivity contribution is 0.469. The van der Waals surface area contributed by atoms with Gasteiger partial charge < -0.3 is 16.6 Å². The van der Waals surface area contributed by atoms with Crippen LogP contribution in [0.1, 0.15) is 11.1 Å². The normalized spacial score (nSPS) is 9.69. The molecular weight excluding hydrogens is 377 g/mol. The van der Waals surface area contributed by atoms with Crippen molar-refractivity contribution in [1.29, 1.82) is 10.8 Å². The van der Waals surface area contributed by atoms with E-state index in [1.165, 1.54) is 10.7 Å². The first-order valence-electron chi connectivity index (χ1n) is 7.00. The number of aromatic hydroxyl groups is 1. The van der Waals surface area contributed by atoms with Crippen molar-refractivity contribution < 1.29 is 5.11 Å². The first-order valence-corrected chi connectivity index (χ1v) is 7.00. The molecule has 0 unspecified atom stereocenters. The average Bonchev–Trinajstić information content (AvgIpc) is 3.04. The Morgan fingerprint density at radius 1 is 0.923 bits per heavy atom. The van der Waals surface area contributed by atoms with Crippen LogP contribution in [0.25, 0.3) is 16.9 Å². The summed E-state index contributed by atoms with van der Waals surface area (Å²) in [4.78, 5) is 0. The molecule has 8 nitrogen and oxygen atoms in total. The van der Waals surface area contributed by atoms with Crippen LogP contribution in [0.15, 0.2) is 48.7 Å². The highest BCUT2D eigenvalue weighted by Crippen LogP contribution is 2.24. The number of benzene rings is 2. The third-order valence-corrected chi connectivity index (χ3v) is 3.52. The summed E-state index contributed by atoms with van der Waals surface area (Å²) in [6.45, 7) is 0. The monoisotopic (exact) mass is 393 g/mol. The molecule has 1 aromatic heterocycles. The van der Waals surface area contributed by atoms with Crippen molar-refractivity contribution in [3.05, 3.63) is 59.8 Å². The molecule has 0 amide bonds. The van der Waals surface area contributed by atoms with Gasteiger partial charge in [-0.1, -0.05) is 29.5 Å². The van der Waals surface area contributed by atoms with Crippen LogP contribution >= 0.6 is 24.8 Å². The van der Waals surface area contributed by atoms with Gasteiger partial charge in [0.05, 0.1) is 6.20 Å². The molecule has 0 fully saturated rings. The number of nitrogens with zero attached hydrogens (tertiary/aromatic N) is 3. The number of phenolic OH excluding ortho intramolecular Hbond substituents is 1. The van der Waals surface area contributed by atoms with Gasteiger partial charge in [0.15, 0.2) is 0 Å². The molecule has 3 rings (SSSR count). The van der Waals surface area contributed by atoms with E-state index in [0.717, 1.165) is 5.56 Å². The highest BCUT2D eigenvalue weighted by atomic mass is 35.5. The van der Waals surface area contributed by atoms with Crippen LogP contribution in [0.2, 0.25) is 0 Å². The zero-order valence-corrected chi connectivity index (χ0v) is 15.0. The second kappa shape index (κ2) is 8.32. The second-order valence-corrected chi connectivity index (χ2v) is 5.16. The average molecular weight is 394 g/mol. The number of hydrogen-bond donors (Lipinski definition) is 5. The number of hydrogen-bond acceptors (Lipinski definition) is 5. The van der Waals surface area contributed by atoms with E-state index in [1.54, 1.807) is 42.6 Å². The van der Waals surface area contributed by atoms with Gasteiger partial charge in [-0.05, 0) is 18.2 Å². The lowest BCUT2D eigenvalue weighted by Crippen LogP contribution is -2.11. The molecule has 0 aliphatic carbocycles. The second-order valence-electron chi connectivity index (χ2n) is 5.16. The maximum absolute atomic E-state index is 10.1. The smallest absolute Gasteiger partial charge is 0.142 e. The summed E-state index contributed by atoms with van der Waals surface area (Å²) >= 11 is 0. The van der Waals surface area contributed by atoms with Gasteiger partial charge in [0.1, 0.15) is 28.8 Å². The first kappa shape index (κ1) is 20.9. The molecule has 26 heavy (non-hydrogen) atoms. The molecule has 0 aliphatic heterocycles. The Hall–Kier alpha value is -3.10. The van der Waals surface area contributed by atoms with E-state index in [-0.39, 0.29) is 42.2 Å². The molecule has 3 aromatic rings. The van der Waals surface area contributed by atoms with E-state index >= 15 is 0 Å². The van der Waals surface area contributed by atoms with Crippen molar-refractivity contribution in [1.82, 2.24) is 15.0 Å². The minimum atomic E-state index is -0.123. The molecule has 0 saturated carbocycles. The number of nitrogen functional groups attached to an aromatic ring is 2. The first-order chi connectivity index (χ1) is 11.5. The number of phenols is 1. The number of amidine groups is 2. The van der Waals surface area contributed by atoms with Crippen LogP contribution in [0, 0.1) is 10.8 Å². The minimum Gasteiger partial charge on any atom is -0.506 e. The molecule has 0 saturated heterocycles. The SMILES string of the molecule is Cl.Cl.N=C(N)c1ccc(-c2cn(-c3ccc(C(=N)N)cc3O)nn2)cc1. The fraction of sp³-hybridized carbons (Fsp3) is 0. The van der Waals surface area contributed by atoms with E-state index in [4.69, 9.17) is 22.3 Å². The number of nitrogens with two attached hydrogens (primary N) is 2. The van der Waals surface area contributed by atoms with Gasteiger partial charge in [0, 0.05) is 16.7 Å². The molecule has 1 heterocycles. The summed E-state index contributed by atoms with van der Waals surface area (Å²) in [6.07, 6.45) is 1.67. The van der Waals surface area contributed by atoms with Crippen LogP contribution in [0.5, 0.6) is 5.75 Å². The van der Waals surface area contributed by atoms with Crippen LogP contribution in [-0.2, 0) is 0 Å². The van der Waals surface area contributed by atoms with Crippen LogP contribution in [0.4, 0.5) is 0 Å². The van der Waals surface area contributed by atoms with Crippen molar-refractivity contribution in [2.24, 2.45) is 11.5 Å². The summed E-state index contributed by atoms with van der Waals surface area (Å²) in [7, 11) is 0. The Labute approximate surface area is 161 Å². The van der Waals surface area contributed by atoms with Gasteiger partial charge in [-0.3, -0.25) is 10.8 Å². The predicted octanol–water partition coefficient (Wildman–Crippen LogP) is 2.05.